The highest BCUT2D eigenvalue weighted by Crippen LogP contribution is 2.31. The molecule has 1 aliphatic rings. The average molecular weight is 436 g/mol. The van der Waals surface area contributed by atoms with Gasteiger partial charge in [0.05, 0.1) is 6.04 Å². The van der Waals surface area contributed by atoms with Crippen molar-refractivity contribution in [3.05, 3.63) is 82.9 Å². The fourth-order valence-corrected chi connectivity index (χ4v) is 4.03. The zero-order valence-corrected chi connectivity index (χ0v) is 17.9. The molecule has 1 heterocycles. The number of hydrogen-bond donors (Lipinski definition) is 2. The standard InChI is InChI=1S/C24H22ClN3O3/c1-15(17-8-5-9-20(25)13-17)26-21(29)14-28-22(30)24(2,27-23(28)31)19-11-10-16-6-3-4-7-18(16)12-19/h3-13,15H,14H2,1-2H3,(H,26,29)(H,27,31). The zero-order chi connectivity index (χ0) is 22.2. The summed E-state index contributed by atoms with van der Waals surface area (Å²) in [5.41, 5.74) is 0.263. The van der Waals surface area contributed by atoms with Gasteiger partial charge in [-0.25, -0.2) is 4.79 Å². The van der Waals surface area contributed by atoms with E-state index in [9.17, 15) is 14.4 Å². The predicted octanol–water partition coefficient (Wildman–Crippen LogP) is 4.14. The number of imide groups is 1. The Bertz CT molecular complexity index is 1200. The van der Waals surface area contributed by atoms with E-state index in [0.717, 1.165) is 21.2 Å². The lowest BCUT2D eigenvalue weighted by Crippen LogP contribution is -2.43. The van der Waals surface area contributed by atoms with Crippen molar-refractivity contribution in [2.75, 3.05) is 6.54 Å². The van der Waals surface area contributed by atoms with Crippen molar-refractivity contribution in [1.82, 2.24) is 15.5 Å². The van der Waals surface area contributed by atoms with Crippen LogP contribution in [0.5, 0.6) is 0 Å². The Labute approximate surface area is 185 Å². The summed E-state index contributed by atoms with van der Waals surface area (Å²) < 4.78 is 0. The number of nitrogens with zero attached hydrogens (tertiary/aromatic N) is 1. The van der Waals surface area contributed by atoms with Crippen molar-refractivity contribution >= 4 is 40.2 Å². The predicted molar refractivity (Wildman–Crippen MR) is 120 cm³/mol. The smallest absolute Gasteiger partial charge is 0.325 e. The minimum atomic E-state index is -1.24. The van der Waals surface area contributed by atoms with Gasteiger partial charge in [-0.3, -0.25) is 14.5 Å². The minimum Gasteiger partial charge on any atom is -0.348 e. The molecular formula is C24H22ClN3O3. The summed E-state index contributed by atoms with van der Waals surface area (Å²) in [5.74, 6) is -0.892. The number of halogens is 1. The van der Waals surface area contributed by atoms with E-state index in [4.69, 9.17) is 11.6 Å². The monoisotopic (exact) mass is 435 g/mol. The van der Waals surface area contributed by atoms with Crippen LogP contribution in [0.25, 0.3) is 10.8 Å². The summed E-state index contributed by atoms with van der Waals surface area (Å²) >= 11 is 6.01. The third-order valence-corrected chi connectivity index (χ3v) is 5.86. The highest BCUT2D eigenvalue weighted by atomic mass is 35.5. The first-order chi connectivity index (χ1) is 14.8. The molecule has 0 radical (unpaired) electrons. The van der Waals surface area contributed by atoms with Gasteiger partial charge >= 0.3 is 6.03 Å². The normalized spacial score (nSPS) is 19.4. The van der Waals surface area contributed by atoms with Gasteiger partial charge in [0.2, 0.25) is 5.91 Å². The number of amides is 4. The van der Waals surface area contributed by atoms with Gasteiger partial charge in [-0.2, -0.15) is 0 Å². The molecule has 1 fully saturated rings. The maximum absolute atomic E-state index is 13.2. The van der Waals surface area contributed by atoms with Gasteiger partial charge < -0.3 is 10.6 Å². The molecule has 3 aromatic rings. The molecule has 1 saturated heterocycles. The number of urea groups is 1. The molecule has 4 amide bonds. The zero-order valence-electron chi connectivity index (χ0n) is 17.2. The fraction of sp³-hybridized carbons (Fsp3) is 0.208. The number of carbonyl (C=O) groups excluding carboxylic acids is 3. The first kappa shape index (κ1) is 20.9. The van der Waals surface area contributed by atoms with E-state index in [0.29, 0.717) is 10.6 Å². The van der Waals surface area contributed by atoms with Gasteiger partial charge in [0.1, 0.15) is 12.1 Å². The second kappa shape index (κ2) is 8.04. The van der Waals surface area contributed by atoms with Crippen LogP contribution in [0.1, 0.15) is 31.0 Å². The van der Waals surface area contributed by atoms with Crippen LogP contribution in [0.2, 0.25) is 5.02 Å². The van der Waals surface area contributed by atoms with Crippen LogP contribution in [0.15, 0.2) is 66.7 Å². The van der Waals surface area contributed by atoms with Gasteiger partial charge in [0, 0.05) is 5.02 Å². The van der Waals surface area contributed by atoms with Crippen LogP contribution < -0.4 is 10.6 Å². The summed E-state index contributed by atoms with van der Waals surface area (Å²) in [6.07, 6.45) is 0. The number of nitrogens with one attached hydrogen (secondary N) is 2. The molecule has 6 nitrogen and oxygen atoms in total. The highest BCUT2D eigenvalue weighted by Gasteiger charge is 2.49. The Hall–Kier alpha value is -3.38. The molecule has 1 aliphatic heterocycles. The molecule has 3 aromatic carbocycles. The molecule has 2 atom stereocenters. The Balaban J connectivity index is 1.50. The van der Waals surface area contributed by atoms with E-state index in [-0.39, 0.29) is 12.6 Å². The van der Waals surface area contributed by atoms with Crippen molar-refractivity contribution < 1.29 is 14.4 Å². The van der Waals surface area contributed by atoms with Crippen molar-refractivity contribution in [2.45, 2.75) is 25.4 Å². The van der Waals surface area contributed by atoms with Crippen molar-refractivity contribution in [3.8, 4) is 0 Å². The quantitative estimate of drug-likeness (QED) is 0.591. The molecule has 2 unspecified atom stereocenters. The number of fused-ring (bicyclic) bond motifs is 1. The lowest BCUT2D eigenvalue weighted by atomic mass is 9.90. The Morgan fingerprint density at radius 1 is 1.06 bits per heavy atom. The van der Waals surface area contributed by atoms with Gasteiger partial charge in [-0.05, 0) is 53.9 Å². The molecule has 158 valence electrons. The molecular weight excluding hydrogens is 414 g/mol. The highest BCUT2D eigenvalue weighted by molar-refractivity contribution is 6.30. The molecule has 0 spiro atoms. The summed E-state index contributed by atoms with van der Waals surface area (Å²) in [4.78, 5) is 39.2. The van der Waals surface area contributed by atoms with Crippen LogP contribution in [-0.2, 0) is 15.1 Å². The van der Waals surface area contributed by atoms with E-state index in [1.165, 1.54) is 0 Å². The van der Waals surface area contributed by atoms with E-state index < -0.39 is 23.4 Å². The SMILES string of the molecule is CC(NC(=O)CN1C(=O)NC(C)(c2ccc3ccccc3c2)C1=O)c1cccc(Cl)c1. The summed E-state index contributed by atoms with van der Waals surface area (Å²) in [7, 11) is 0. The molecule has 4 rings (SSSR count). The van der Waals surface area contributed by atoms with E-state index in [2.05, 4.69) is 10.6 Å². The maximum Gasteiger partial charge on any atom is 0.325 e. The Morgan fingerprint density at radius 3 is 2.55 bits per heavy atom. The number of hydrogen-bond acceptors (Lipinski definition) is 3. The fourth-order valence-electron chi connectivity index (χ4n) is 3.83. The van der Waals surface area contributed by atoms with Gasteiger partial charge in [0.15, 0.2) is 0 Å². The molecule has 7 heteroatoms. The topological polar surface area (TPSA) is 78.5 Å². The van der Waals surface area contributed by atoms with Crippen LogP contribution in [0, 0.1) is 0 Å². The van der Waals surface area contributed by atoms with Crippen molar-refractivity contribution in [2.24, 2.45) is 0 Å². The summed E-state index contributed by atoms with van der Waals surface area (Å²) in [6.45, 7) is 3.11. The van der Waals surface area contributed by atoms with E-state index in [1.807, 2.05) is 55.5 Å². The lowest BCUT2D eigenvalue weighted by molar-refractivity contribution is -0.135. The third kappa shape index (κ3) is 3.99. The van der Waals surface area contributed by atoms with Crippen LogP contribution in [-0.4, -0.2) is 29.3 Å². The summed E-state index contributed by atoms with van der Waals surface area (Å²) in [6, 6.07) is 19.7. The number of carbonyl (C=O) groups is 3. The molecule has 2 N–H and O–H groups in total. The van der Waals surface area contributed by atoms with E-state index >= 15 is 0 Å². The van der Waals surface area contributed by atoms with Crippen LogP contribution in [0.3, 0.4) is 0 Å². The lowest BCUT2D eigenvalue weighted by Gasteiger charge is -2.23. The van der Waals surface area contributed by atoms with Gasteiger partial charge in [-0.15, -0.1) is 0 Å². The van der Waals surface area contributed by atoms with E-state index in [1.54, 1.807) is 25.1 Å². The minimum absolute atomic E-state index is 0.321. The Morgan fingerprint density at radius 2 is 1.81 bits per heavy atom. The van der Waals surface area contributed by atoms with Crippen LogP contribution >= 0.6 is 11.6 Å². The molecule has 0 bridgehead atoms. The van der Waals surface area contributed by atoms with Gasteiger partial charge in [-0.1, -0.05) is 60.1 Å². The summed E-state index contributed by atoms with van der Waals surface area (Å²) in [5, 5.41) is 8.14. The van der Waals surface area contributed by atoms with Crippen molar-refractivity contribution in [3.63, 3.8) is 0 Å². The first-order valence-corrected chi connectivity index (χ1v) is 10.3. The molecule has 31 heavy (non-hydrogen) atoms. The van der Waals surface area contributed by atoms with Gasteiger partial charge in [0.25, 0.3) is 5.91 Å². The molecule has 0 aromatic heterocycles. The number of rotatable bonds is 5. The largest absolute Gasteiger partial charge is 0.348 e. The first-order valence-electron chi connectivity index (χ1n) is 9.96. The molecule has 0 saturated carbocycles. The second-order valence-corrected chi connectivity index (χ2v) is 8.29. The van der Waals surface area contributed by atoms with Crippen molar-refractivity contribution in [1.29, 1.82) is 0 Å². The Kier molecular flexibility index (Phi) is 5.41. The maximum atomic E-state index is 13.2. The number of benzene rings is 3. The molecule has 0 aliphatic carbocycles. The third-order valence-electron chi connectivity index (χ3n) is 5.63. The van der Waals surface area contributed by atoms with Crippen LogP contribution in [0.4, 0.5) is 4.79 Å². The second-order valence-electron chi connectivity index (χ2n) is 7.85. The average Bonchev–Trinajstić information content (AvgIpc) is 2.97.